The van der Waals surface area contributed by atoms with Crippen molar-refractivity contribution in [2.45, 2.75) is 6.42 Å². The monoisotopic (exact) mass is 252 g/mol. The Bertz CT molecular complexity index is 692. The van der Waals surface area contributed by atoms with E-state index in [9.17, 15) is 4.79 Å². The van der Waals surface area contributed by atoms with Crippen molar-refractivity contribution in [2.24, 2.45) is 0 Å². The normalized spacial score (nSPS) is 10.7. The van der Waals surface area contributed by atoms with Gasteiger partial charge in [-0.25, -0.2) is 0 Å². The highest BCUT2D eigenvalue weighted by Gasteiger charge is 2.06. The highest BCUT2D eigenvalue weighted by molar-refractivity contribution is 7.10. The number of hydrogen-bond acceptors (Lipinski definition) is 2. The summed E-state index contributed by atoms with van der Waals surface area (Å²) in [5.41, 5.74) is 2.09. The number of aldehydes is 1. The zero-order valence-corrected chi connectivity index (χ0v) is 10.6. The van der Waals surface area contributed by atoms with Gasteiger partial charge in [0, 0.05) is 16.9 Å². The van der Waals surface area contributed by atoms with Gasteiger partial charge in [-0.3, -0.25) is 4.79 Å². The second-order valence-electron chi connectivity index (χ2n) is 4.23. The Morgan fingerprint density at radius 2 is 1.83 bits per heavy atom. The third kappa shape index (κ3) is 1.95. The Kier molecular flexibility index (Phi) is 2.95. The van der Waals surface area contributed by atoms with Crippen molar-refractivity contribution in [3.63, 3.8) is 0 Å². The van der Waals surface area contributed by atoms with E-state index in [2.05, 4.69) is 36.4 Å². The molecular formula is C16H12OS. The summed E-state index contributed by atoms with van der Waals surface area (Å²) in [6.45, 7) is 0. The molecule has 0 bridgehead atoms. The van der Waals surface area contributed by atoms with Crippen molar-refractivity contribution in [3.8, 4) is 0 Å². The van der Waals surface area contributed by atoms with Crippen LogP contribution in [-0.4, -0.2) is 6.29 Å². The second-order valence-corrected chi connectivity index (χ2v) is 5.23. The number of thiophene rings is 1. The second kappa shape index (κ2) is 4.75. The van der Waals surface area contributed by atoms with Gasteiger partial charge in [0.15, 0.2) is 6.29 Å². The van der Waals surface area contributed by atoms with Crippen molar-refractivity contribution in [2.75, 3.05) is 0 Å². The fourth-order valence-electron chi connectivity index (χ4n) is 2.22. The molecule has 0 spiro atoms. The largest absolute Gasteiger partial charge is 0.298 e. The molecule has 0 aliphatic rings. The summed E-state index contributed by atoms with van der Waals surface area (Å²) in [4.78, 5) is 12.1. The number of benzene rings is 2. The van der Waals surface area contributed by atoms with Gasteiger partial charge in [0.1, 0.15) is 0 Å². The molecule has 0 aliphatic heterocycles. The van der Waals surface area contributed by atoms with E-state index >= 15 is 0 Å². The predicted molar refractivity (Wildman–Crippen MR) is 76.5 cm³/mol. The zero-order valence-electron chi connectivity index (χ0n) is 9.80. The summed E-state index contributed by atoms with van der Waals surface area (Å²) in [7, 11) is 0. The summed E-state index contributed by atoms with van der Waals surface area (Å²) < 4.78 is 0. The van der Waals surface area contributed by atoms with Crippen LogP contribution in [0.5, 0.6) is 0 Å². The van der Waals surface area contributed by atoms with Crippen molar-refractivity contribution in [1.82, 2.24) is 0 Å². The fraction of sp³-hybridized carbons (Fsp3) is 0.0625. The Hall–Kier alpha value is -1.93. The quantitative estimate of drug-likeness (QED) is 0.635. The van der Waals surface area contributed by atoms with Crippen LogP contribution in [0.15, 0.2) is 53.9 Å². The van der Waals surface area contributed by atoms with Crippen LogP contribution in [0.1, 0.15) is 20.8 Å². The minimum absolute atomic E-state index is 0.813. The van der Waals surface area contributed by atoms with E-state index < -0.39 is 0 Å². The molecule has 0 amide bonds. The zero-order chi connectivity index (χ0) is 12.4. The van der Waals surface area contributed by atoms with Crippen molar-refractivity contribution >= 4 is 28.4 Å². The van der Waals surface area contributed by atoms with Crippen LogP contribution in [0.25, 0.3) is 10.8 Å². The van der Waals surface area contributed by atoms with E-state index in [0.29, 0.717) is 0 Å². The van der Waals surface area contributed by atoms with Crippen LogP contribution in [0, 0.1) is 0 Å². The summed E-state index contributed by atoms with van der Waals surface area (Å²) in [5.74, 6) is 0. The molecule has 0 saturated heterocycles. The molecule has 88 valence electrons. The maximum absolute atomic E-state index is 10.9. The SMILES string of the molecule is O=Cc1ccsc1Cc1cccc2ccccc12. The molecule has 1 aromatic heterocycles. The average molecular weight is 252 g/mol. The van der Waals surface area contributed by atoms with E-state index in [0.717, 1.165) is 23.1 Å². The molecule has 18 heavy (non-hydrogen) atoms. The van der Waals surface area contributed by atoms with Crippen molar-refractivity contribution in [3.05, 3.63) is 69.9 Å². The van der Waals surface area contributed by atoms with E-state index in [4.69, 9.17) is 0 Å². The fourth-order valence-corrected chi connectivity index (χ4v) is 3.09. The number of hydrogen-bond donors (Lipinski definition) is 0. The van der Waals surface area contributed by atoms with Gasteiger partial charge in [-0.05, 0) is 27.8 Å². The molecule has 0 N–H and O–H groups in total. The van der Waals surface area contributed by atoms with Gasteiger partial charge < -0.3 is 0 Å². The van der Waals surface area contributed by atoms with Crippen molar-refractivity contribution < 1.29 is 4.79 Å². The standard InChI is InChI=1S/C16H12OS/c17-11-14-8-9-18-16(14)10-13-6-3-5-12-4-1-2-7-15(12)13/h1-9,11H,10H2. The number of carbonyl (C=O) groups is 1. The summed E-state index contributed by atoms with van der Waals surface area (Å²) in [5, 5.41) is 4.49. The lowest BCUT2D eigenvalue weighted by Crippen LogP contribution is -1.90. The molecule has 1 nitrogen and oxygen atoms in total. The number of carbonyl (C=O) groups excluding carboxylic acids is 1. The van der Waals surface area contributed by atoms with Gasteiger partial charge in [0.25, 0.3) is 0 Å². The van der Waals surface area contributed by atoms with Gasteiger partial charge in [0.05, 0.1) is 0 Å². The highest BCUT2D eigenvalue weighted by Crippen LogP contribution is 2.24. The average Bonchev–Trinajstić information content (AvgIpc) is 2.86. The first-order valence-corrected chi connectivity index (χ1v) is 6.74. The lowest BCUT2D eigenvalue weighted by atomic mass is 10.0. The molecule has 0 saturated carbocycles. The smallest absolute Gasteiger partial charge is 0.151 e. The molecule has 0 fully saturated rings. The molecule has 2 heteroatoms. The van der Waals surface area contributed by atoms with E-state index in [1.165, 1.54) is 16.3 Å². The van der Waals surface area contributed by atoms with Crippen LogP contribution in [-0.2, 0) is 6.42 Å². The third-order valence-corrected chi connectivity index (χ3v) is 4.07. The summed E-state index contributed by atoms with van der Waals surface area (Å²) >= 11 is 1.65. The minimum Gasteiger partial charge on any atom is -0.298 e. The highest BCUT2D eigenvalue weighted by atomic mass is 32.1. The number of fused-ring (bicyclic) bond motifs is 1. The van der Waals surface area contributed by atoms with E-state index in [1.54, 1.807) is 11.3 Å². The lowest BCUT2D eigenvalue weighted by Gasteiger charge is -2.05. The minimum atomic E-state index is 0.813. The van der Waals surface area contributed by atoms with Gasteiger partial charge in [-0.15, -0.1) is 11.3 Å². The molecule has 0 aliphatic carbocycles. The first-order valence-electron chi connectivity index (χ1n) is 5.86. The van der Waals surface area contributed by atoms with E-state index in [1.807, 2.05) is 17.5 Å². The molecule has 1 heterocycles. The number of rotatable bonds is 3. The lowest BCUT2D eigenvalue weighted by molar-refractivity contribution is 0.112. The van der Waals surface area contributed by atoms with Gasteiger partial charge in [-0.2, -0.15) is 0 Å². The maximum atomic E-state index is 10.9. The van der Waals surface area contributed by atoms with Gasteiger partial charge in [-0.1, -0.05) is 42.5 Å². The molecular weight excluding hydrogens is 240 g/mol. The molecule has 0 unspecified atom stereocenters. The molecule has 0 atom stereocenters. The van der Waals surface area contributed by atoms with Crippen LogP contribution in [0.3, 0.4) is 0 Å². The Morgan fingerprint density at radius 1 is 1.00 bits per heavy atom. The van der Waals surface area contributed by atoms with Crippen LogP contribution < -0.4 is 0 Å². The summed E-state index contributed by atoms with van der Waals surface area (Å²) in [6.07, 6.45) is 1.77. The van der Waals surface area contributed by atoms with Gasteiger partial charge >= 0.3 is 0 Å². The first-order chi connectivity index (χ1) is 8.88. The Balaban J connectivity index is 2.07. The predicted octanol–water partition coefficient (Wildman–Crippen LogP) is 4.30. The molecule has 0 radical (unpaired) electrons. The Morgan fingerprint density at radius 3 is 2.72 bits per heavy atom. The third-order valence-electron chi connectivity index (χ3n) is 3.14. The first kappa shape index (κ1) is 11.2. The Labute approximate surface area is 110 Å². The van der Waals surface area contributed by atoms with Crippen molar-refractivity contribution in [1.29, 1.82) is 0 Å². The van der Waals surface area contributed by atoms with E-state index in [-0.39, 0.29) is 0 Å². The van der Waals surface area contributed by atoms with Crippen LogP contribution in [0.2, 0.25) is 0 Å². The summed E-state index contributed by atoms with van der Waals surface area (Å²) in [6, 6.07) is 16.6. The van der Waals surface area contributed by atoms with Gasteiger partial charge in [0.2, 0.25) is 0 Å². The molecule has 3 aromatic rings. The van der Waals surface area contributed by atoms with Crippen LogP contribution >= 0.6 is 11.3 Å². The molecule has 3 rings (SSSR count). The topological polar surface area (TPSA) is 17.1 Å². The maximum Gasteiger partial charge on any atom is 0.151 e. The molecule has 2 aromatic carbocycles. The van der Waals surface area contributed by atoms with Crippen LogP contribution in [0.4, 0.5) is 0 Å².